The lowest BCUT2D eigenvalue weighted by molar-refractivity contribution is 1.77. The molecule has 0 aliphatic heterocycles. The molecule has 0 fully saturated rings. The van der Waals surface area contributed by atoms with Crippen molar-refractivity contribution >= 4 is 55.9 Å². The van der Waals surface area contributed by atoms with Crippen molar-refractivity contribution in [1.82, 2.24) is 0 Å². The molecule has 0 aliphatic carbocycles. The third kappa shape index (κ3) is 2.97. The third-order valence-corrected chi connectivity index (χ3v) is 4.01. The first kappa shape index (κ1) is 9.89. The molecule has 0 atom stereocenters. The van der Waals surface area contributed by atoms with E-state index in [1.54, 1.807) is 24.3 Å². The van der Waals surface area contributed by atoms with Gasteiger partial charge in [-0.1, -0.05) is 11.6 Å². The lowest BCUT2D eigenvalue weighted by Gasteiger charge is -1.98. The highest BCUT2D eigenvalue weighted by Crippen LogP contribution is 2.72. The topological polar surface area (TPSA) is 0 Å². The van der Waals surface area contributed by atoms with Crippen LogP contribution in [0.2, 0.25) is 5.02 Å². The van der Waals surface area contributed by atoms with E-state index in [1.807, 2.05) is 0 Å². The van der Waals surface area contributed by atoms with Crippen LogP contribution < -0.4 is 5.30 Å². The molecule has 0 radical (unpaired) electrons. The van der Waals surface area contributed by atoms with Gasteiger partial charge in [-0.3, -0.25) is 0 Å². The second-order valence-corrected chi connectivity index (χ2v) is 9.89. The van der Waals surface area contributed by atoms with E-state index in [2.05, 4.69) is 0 Å². The quantitative estimate of drug-likeness (QED) is 0.645. The first-order valence-electron chi connectivity index (χ1n) is 2.74. The lowest BCUT2D eigenvalue weighted by Crippen LogP contribution is -1.95. The molecule has 0 N–H and O–H groups in total. The molecule has 0 saturated heterocycles. The van der Waals surface area contributed by atoms with E-state index >= 15 is 0 Å². The van der Waals surface area contributed by atoms with Crippen molar-refractivity contribution in [2.24, 2.45) is 0 Å². The Labute approximate surface area is 85.1 Å². The molecule has 0 amide bonds. The van der Waals surface area contributed by atoms with E-state index in [9.17, 15) is 0 Å². The predicted molar refractivity (Wildman–Crippen MR) is 55.6 cm³/mol. The minimum Gasteiger partial charge on any atom is -0.0843 e. The summed E-state index contributed by atoms with van der Waals surface area (Å²) in [6, 6.07) is 6.86. The van der Waals surface area contributed by atoms with E-state index in [1.165, 1.54) is 0 Å². The zero-order valence-corrected chi connectivity index (χ0v) is 9.19. The minimum absolute atomic E-state index is 0.646. The Balaban J connectivity index is 2.99. The van der Waals surface area contributed by atoms with Gasteiger partial charge in [0.1, 0.15) is 39.0 Å². The van der Waals surface area contributed by atoms with Crippen molar-refractivity contribution in [3.63, 3.8) is 0 Å². The van der Waals surface area contributed by atoms with Gasteiger partial charge in [0.05, 0.1) is 0 Å². The van der Waals surface area contributed by atoms with Crippen LogP contribution in [-0.2, 0) is 0 Å². The van der Waals surface area contributed by atoms with Crippen molar-refractivity contribution in [3.05, 3.63) is 29.3 Å². The van der Waals surface area contributed by atoms with Gasteiger partial charge in [-0.15, -0.1) is 0 Å². The summed E-state index contributed by atoms with van der Waals surface area (Å²) in [7, 11) is 0. The molecule has 11 heavy (non-hydrogen) atoms. The normalized spacial score (nSPS) is 11.6. The first-order chi connectivity index (χ1) is 5.00. The zero-order valence-electron chi connectivity index (χ0n) is 5.27. The van der Waals surface area contributed by atoms with Crippen LogP contribution in [0.5, 0.6) is 0 Å². The maximum atomic E-state index is 5.71. The lowest BCUT2D eigenvalue weighted by atomic mass is 10.4. The van der Waals surface area contributed by atoms with Crippen LogP contribution in [0.3, 0.4) is 0 Å². The Morgan fingerprint density at radius 1 is 0.909 bits per heavy atom. The highest BCUT2D eigenvalue weighted by molar-refractivity contribution is 8.36. The SMILES string of the molecule is Clc1ccc([P+](Cl)(Cl)Cl)cc1. The molecule has 0 unspecified atom stereocenters. The number of hydrogen-bond donors (Lipinski definition) is 0. The smallest absolute Gasteiger partial charge is 0.0843 e. The van der Waals surface area contributed by atoms with E-state index < -0.39 is 5.32 Å². The summed E-state index contributed by atoms with van der Waals surface area (Å²) in [5.41, 5.74) is 0. The van der Waals surface area contributed by atoms with Crippen molar-refractivity contribution in [1.29, 1.82) is 0 Å². The molecule has 0 saturated carbocycles. The Morgan fingerprint density at radius 3 is 1.73 bits per heavy atom. The van der Waals surface area contributed by atoms with Gasteiger partial charge in [0, 0.05) is 5.02 Å². The van der Waals surface area contributed by atoms with E-state index in [0.717, 1.165) is 5.30 Å². The van der Waals surface area contributed by atoms with Crippen molar-refractivity contribution in [2.45, 2.75) is 0 Å². The first-order valence-corrected chi connectivity index (χ1v) is 7.62. The molecule has 60 valence electrons. The second-order valence-electron chi connectivity index (χ2n) is 1.92. The van der Waals surface area contributed by atoms with Crippen LogP contribution in [0.15, 0.2) is 24.3 Å². The Morgan fingerprint density at radius 2 is 1.36 bits per heavy atom. The Bertz CT molecular complexity index is 238. The highest BCUT2D eigenvalue weighted by Gasteiger charge is 2.35. The fourth-order valence-electron chi connectivity index (χ4n) is 0.610. The maximum Gasteiger partial charge on any atom is 0.339 e. The number of benzene rings is 1. The molecule has 1 rings (SSSR count). The van der Waals surface area contributed by atoms with Crippen LogP contribution in [0.25, 0.3) is 0 Å². The average molecular weight is 249 g/mol. The van der Waals surface area contributed by atoms with Gasteiger partial charge >= 0.3 is 5.32 Å². The maximum absolute atomic E-state index is 5.71. The van der Waals surface area contributed by atoms with E-state index in [-0.39, 0.29) is 0 Å². The second kappa shape index (κ2) is 3.68. The summed E-state index contributed by atoms with van der Waals surface area (Å²) in [5.74, 6) is 0. The van der Waals surface area contributed by atoms with E-state index in [0.29, 0.717) is 5.02 Å². The van der Waals surface area contributed by atoms with Crippen LogP contribution in [0.4, 0.5) is 0 Å². The number of hydrogen-bond acceptors (Lipinski definition) is 0. The predicted octanol–water partition coefficient (Wildman–Crippen LogP) is 4.44. The molecular formula is C6H4Cl4P+. The Hall–Kier alpha value is 0.810. The van der Waals surface area contributed by atoms with Gasteiger partial charge in [-0.05, 0) is 24.3 Å². The molecular weight excluding hydrogens is 245 g/mol. The van der Waals surface area contributed by atoms with Crippen molar-refractivity contribution in [3.8, 4) is 0 Å². The van der Waals surface area contributed by atoms with E-state index in [4.69, 9.17) is 45.3 Å². The molecule has 0 heterocycles. The largest absolute Gasteiger partial charge is 0.339 e. The molecule has 5 heteroatoms. The summed E-state index contributed by atoms with van der Waals surface area (Å²) in [6.45, 7) is 0. The van der Waals surface area contributed by atoms with Crippen LogP contribution in [0.1, 0.15) is 0 Å². The minimum atomic E-state index is -2.43. The van der Waals surface area contributed by atoms with Crippen LogP contribution >= 0.6 is 50.6 Å². The fraction of sp³-hybridized carbons (Fsp3) is 0. The van der Waals surface area contributed by atoms with Crippen molar-refractivity contribution in [2.75, 3.05) is 0 Å². The standard InChI is InChI=1S/C6H4Cl4P/c7-5-1-3-6(4-2-5)11(8,9)10/h1-4H/q+1. The molecule has 0 nitrogen and oxygen atoms in total. The van der Waals surface area contributed by atoms with Gasteiger partial charge in [-0.25, -0.2) is 0 Å². The van der Waals surface area contributed by atoms with Crippen LogP contribution in [0, 0.1) is 0 Å². The summed E-state index contributed by atoms with van der Waals surface area (Å²) >= 11 is 22.8. The summed E-state index contributed by atoms with van der Waals surface area (Å²) < 4.78 is 0. The summed E-state index contributed by atoms with van der Waals surface area (Å²) in [4.78, 5) is 0. The molecule has 1 aromatic rings. The third-order valence-electron chi connectivity index (χ3n) is 1.12. The van der Waals surface area contributed by atoms with Gasteiger partial charge in [0.2, 0.25) is 0 Å². The van der Waals surface area contributed by atoms with Gasteiger partial charge in [-0.2, -0.15) is 0 Å². The Kier molecular flexibility index (Phi) is 3.31. The molecule has 0 aliphatic rings. The molecule has 1 aromatic carbocycles. The number of halogens is 4. The van der Waals surface area contributed by atoms with Crippen LogP contribution in [-0.4, -0.2) is 0 Å². The summed E-state index contributed by atoms with van der Waals surface area (Å²) in [6.07, 6.45) is 0. The number of rotatable bonds is 1. The molecule has 0 bridgehead atoms. The zero-order chi connectivity index (χ0) is 8.48. The van der Waals surface area contributed by atoms with Gasteiger partial charge in [0.25, 0.3) is 0 Å². The molecule has 0 spiro atoms. The average Bonchev–Trinajstić information content (AvgIpc) is 1.86. The highest BCUT2D eigenvalue weighted by atomic mass is 36.1. The van der Waals surface area contributed by atoms with Gasteiger partial charge in [0.15, 0.2) is 0 Å². The van der Waals surface area contributed by atoms with Crippen molar-refractivity contribution < 1.29 is 0 Å². The molecule has 0 aromatic heterocycles. The van der Waals surface area contributed by atoms with Gasteiger partial charge < -0.3 is 0 Å². The fourth-order valence-corrected chi connectivity index (χ4v) is 2.24. The summed E-state index contributed by atoms with van der Waals surface area (Å²) in [5, 5.41) is -1.06. The monoisotopic (exact) mass is 247 g/mol.